The van der Waals surface area contributed by atoms with Crippen LogP contribution in [0.2, 0.25) is 0 Å². The fraction of sp³-hybridized carbons (Fsp3) is 0.632. The lowest BCUT2D eigenvalue weighted by Gasteiger charge is -2.35. The van der Waals surface area contributed by atoms with Gasteiger partial charge in [0, 0.05) is 5.41 Å². The van der Waals surface area contributed by atoms with Crippen LogP contribution in [0.4, 0.5) is 0 Å². The molecule has 0 radical (unpaired) electrons. The molecule has 2 rings (SSSR count). The lowest BCUT2D eigenvalue weighted by atomic mass is 9.68. The highest BCUT2D eigenvalue weighted by atomic mass is 16.5. The molecule has 0 spiro atoms. The monoisotopic (exact) mass is 288 g/mol. The Labute approximate surface area is 128 Å². The lowest BCUT2D eigenvalue weighted by molar-refractivity contribution is -0.128. The van der Waals surface area contributed by atoms with Crippen molar-refractivity contribution >= 4 is 5.78 Å². The number of benzene rings is 1. The van der Waals surface area contributed by atoms with E-state index in [0.717, 1.165) is 37.9 Å². The fourth-order valence-corrected chi connectivity index (χ4v) is 3.59. The van der Waals surface area contributed by atoms with Gasteiger partial charge >= 0.3 is 0 Å². The number of carbonyl (C=O) groups is 1. The molecule has 2 heteroatoms. The van der Waals surface area contributed by atoms with E-state index < -0.39 is 0 Å². The second kappa shape index (κ2) is 7.63. The molecular formula is C19H28O2. The van der Waals surface area contributed by atoms with Crippen LogP contribution in [0, 0.1) is 5.41 Å². The molecule has 1 aromatic rings. The molecule has 0 heterocycles. The second-order valence-corrected chi connectivity index (χ2v) is 6.45. The van der Waals surface area contributed by atoms with Gasteiger partial charge in [0.05, 0.1) is 7.11 Å². The number of methoxy groups -OCH3 is 1. The number of carbonyl (C=O) groups excluding carboxylic acids is 1. The van der Waals surface area contributed by atoms with Gasteiger partial charge in [-0.15, -0.1) is 0 Å². The van der Waals surface area contributed by atoms with Crippen molar-refractivity contribution in [1.82, 2.24) is 0 Å². The zero-order chi connectivity index (χ0) is 15.1. The predicted octanol–water partition coefficient (Wildman–Crippen LogP) is 4.95. The molecule has 1 saturated carbocycles. The van der Waals surface area contributed by atoms with Gasteiger partial charge < -0.3 is 4.74 Å². The molecule has 1 aliphatic carbocycles. The number of hydrogen-bond acceptors (Lipinski definition) is 2. The summed E-state index contributed by atoms with van der Waals surface area (Å²) in [7, 11) is 1.69. The van der Waals surface area contributed by atoms with Gasteiger partial charge in [-0.05, 0) is 56.7 Å². The number of ketones is 1. The van der Waals surface area contributed by atoms with Crippen LogP contribution in [0.25, 0.3) is 0 Å². The van der Waals surface area contributed by atoms with Gasteiger partial charge in [0.15, 0.2) is 0 Å². The first-order chi connectivity index (χ1) is 10.2. The van der Waals surface area contributed by atoms with Gasteiger partial charge in [-0.2, -0.15) is 0 Å². The molecule has 0 N–H and O–H groups in total. The Morgan fingerprint density at radius 1 is 1.10 bits per heavy atom. The summed E-state index contributed by atoms with van der Waals surface area (Å²) in [5, 5.41) is 0. The van der Waals surface area contributed by atoms with Crippen molar-refractivity contribution in [1.29, 1.82) is 0 Å². The third kappa shape index (κ3) is 4.33. The maximum atomic E-state index is 12.0. The first kappa shape index (κ1) is 16.1. The van der Waals surface area contributed by atoms with E-state index in [1.54, 1.807) is 14.0 Å². The quantitative estimate of drug-likeness (QED) is 0.664. The molecule has 0 amide bonds. The number of ether oxygens (including phenoxy) is 1. The summed E-state index contributed by atoms with van der Waals surface area (Å²) in [5.41, 5.74) is 1.37. The van der Waals surface area contributed by atoms with Crippen LogP contribution in [-0.2, 0) is 11.2 Å². The van der Waals surface area contributed by atoms with Gasteiger partial charge in [0.2, 0.25) is 0 Å². The summed E-state index contributed by atoms with van der Waals surface area (Å²) >= 11 is 0. The number of rotatable bonds is 7. The lowest BCUT2D eigenvalue weighted by Crippen LogP contribution is -2.31. The Balaban J connectivity index is 1.78. The van der Waals surface area contributed by atoms with Gasteiger partial charge in [-0.3, -0.25) is 4.79 Å². The van der Waals surface area contributed by atoms with E-state index in [2.05, 4.69) is 12.1 Å². The highest BCUT2D eigenvalue weighted by Crippen LogP contribution is 2.41. The molecule has 0 aromatic heterocycles. The first-order valence-corrected chi connectivity index (χ1v) is 8.30. The molecule has 0 saturated heterocycles. The van der Waals surface area contributed by atoms with E-state index in [1.807, 2.05) is 12.1 Å². The first-order valence-electron chi connectivity index (χ1n) is 8.30. The molecule has 116 valence electrons. The van der Waals surface area contributed by atoms with E-state index in [0.29, 0.717) is 5.78 Å². The van der Waals surface area contributed by atoms with Gasteiger partial charge in [-0.1, -0.05) is 37.8 Å². The smallest absolute Gasteiger partial charge is 0.135 e. The van der Waals surface area contributed by atoms with E-state index >= 15 is 0 Å². The predicted molar refractivity (Wildman–Crippen MR) is 86.7 cm³/mol. The van der Waals surface area contributed by atoms with Crippen LogP contribution < -0.4 is 4.74 Å². The van der Waals surface area contributed by atoms with Crippen molar-refractivity contribution in [3.63, 3.8) is 0 Å². The maximum absolute atomic E-state index is 12.0. The van der Waals surface area contributed by atoms with Crippen LogP contribution in [0.5, 0.6) is 5.75 Å². The third-order valence-electron chi connectivity index (χ3n) is 5.09. The zero-order valence-corrected chi connectivity index (χ0v) is 13.5. The van der Waals surface area contributed by atoms with Crippen molar-refractivity contribution in [2.45, 2.75) is 64.7 Å². The summed E-state index contributed by atoms with van der Waals surface area (Å²) in [6.07, 6.45) is 10.5. The molecule has 0 bridgehead atoms. The minimum Gasteiger partial charge on any atom is -0.497 e. The standard InChI is InChI=1S/C19H28O2/c1-16(20)19(13-5-3-6-14-19)15-7-4-8-17-9-11-18(21-2)12-10-17/h9-12H,3-8,13-15H2,1-2H3. The minimum absolute atomic E-state index is 0.0121. The van der Waals surface area contributed by atoms with Gasteiger partial charge in [-0.25, -0.2) is 0 Å². The number of unbranched alkanes of at least 4 members (excludes halogenated alkanes) is 1. The highest BCUT2D eigenvalue weighted by molar-refractivity contribution is 5.82. The molecular weight excluding hydrogens is 260 g/mol. The molecule has 0 atom stereocenters. The van der Waals surface area contributed by atoms with Crippen LogP contribution in [0.3, 0.4) is 0 Å². The van der Waals surface area contributed by atoms with Gasteiger partial charge in [0.1, 0.15) is 11.5 Å². The minimum atomic E-state index is 0.0121. The summed E-state index contributed by atoms with van der Waals surface area (Å²) in [6.45, 7) is 1.80. The van der Waals surface area contributed by atoms with Crippen molar-refractivity contribution in [3.05, 3.63) is 29.8 Å². The van der Waals surface area contributed by atoms with Gasteiger partial charge in [0.25, 0.3) is 0 Å². The largest absolute Gasteiger partial charge is 0.497 e. The Bertz CT molecular complexity index is 441. The summed E-state index contributed by atoms with van der Waals surface area (Å²) in [4.78, 5) is 12.0. The topological polar surface area (TPSA) is 26.3 Å². The van der Waals surface area contributed by atoms with Crippen LogP contribution in [-0.4, -0.2) is 12.9 Å². The highest BCUT2D eigenvalue weighted by Gasteiger charge is 2.35. The second-order valence-electron chi connectivity index (χ2n) is 6.45. The molecule has 21 heavy (non-hydrogen) atoms. The SMILES string of the molecule is COc1ccc(CCCCC2(C(C)=O)CCCCC2)cc1. The molecule has 2 nitrogen and oxygen atoms in total. The van der Waals surface area contributed by atoms with Crippen molar-refractivity contribution in [2.24, 2.45) is 5.41 Å². The third-order valence-corrected chi connectivity index (χ3v) is 5.09. The normalized spacial score (nSPS) is 17.4. The Morgan fingerprint density at radius 3 is 2.33 bits per heavy atom. The fourth-order valence-electron chi connectivity index (χ4n) is 3.59. The Morgan fingerprint density at radius 2 is 1.76 bits per heavy atom. The molecule has 1 aliphatic rings. The van der Waals surface area contributed by atoms with Crippen LogP contribution in [0.1, 0.15) is 63.9 Å². The average Bonchev–Trinajstić information content (AvgIpc) is 2.53. The van der Waals surface area contributed by atoms with E-state index in [4.69, 9.17) is 4.74 Å². The zero-order valence-electron chi connectivity index (χ0n) is 13.5. The molecule has 0 aliphatic heterocycles. The van der Waals surface area contributed by atoms with E-state index in [1.165, 1.54) is 31.2 Å². The Hall–Kier alpha value is -1.31. The molecule has 1 aromatic carbocycles. The molecule has 1 fully saturated rings. The van der Waals surface area contributed by atoms with Crippen molar-refractivity contribution in [3.8, 4) is 5.75 Å². The maximum Gasteiger partial charge on any atom is 0.135 e. The number of Topliss-reactive ketones (excluding diaryl/α,β-unsaturated/α-hetero) is 1. The Kier molecular flexibility index (Phi) is 5.84. The number of aryl methyl sites for hydroxylation is 1. The van der Waals surface area contributed by atoms with E-state index in [-0.39, 0.29) is 5.41 Å². The van der Waals surface area contributed by atoms with Crippen molar-refractivity contribution in [2.75, 3.05) is 7.11 Å². The van der Waals surface area contributed by atoms with Crippen molar-refractivity contribution < 1.29 is 9.53 Å². The number of hydrogen-bond donors (Lipinski definition) is 0. The molecule has 0 unspecified atom stereocenters. The summed E-state index contributed by atoms with van der Waals surface area (Å²) in [6, 6.07) is 8.32. The van der Waals surface area contributed by atoms with E-state index in [9.17, 15) is 4.79 Å². The van der Waals surface area contributed by atoms with Crippen LogP contribution in [0.15, 0.2) is 24.3 Å². The average molecular weight is 288 g/mol. The summed E-state index contributed by atoms with van der Waals surface area (Å²) < 4.78 is 5.18. The summed E-state index contributed by atoms with van der Waals surface area (Å²) in [5.74, 6) is 1.34. The van der Waals surface area contributed by atoms with Crippen LogP contribution >= 0.6 is 0 Å².